The molecule has 0 saturated heterocycles. The molecule has 0 atom stereocenters. The van der Waals surface area contributed by atoms with Crippen LogP contribution < -0.4 is 4.90 Å². The maximum atomic E-state index is 5.94. The van der Waals surface area contributed by atoms with Gasteiger partial charge in [0.05, 0.1) is 4.88 Å². The Bertz CT molecular complexity index is 482. The molecule has 0 bridgehead atoms. The monoisotopic (exact) mass is 268 g/mol. The lowest BCUT2D eigenvalue weighted by atomic mass is 10.4. The van der Waals surface area contributed by atoms with Crippen LogP contribution in [0.15, 0.2) is 17.5 Å². The van der Waals surface area contributed by atoms with Gasteiger partial charge in [-0.2, -0.15) is 15.0 Å². The Hall–Kier alpha value is -1.20. The van der Waals surface area contributed by atoms with Crippen LogP contribution in [0.3, 0.4) is 0 Å². The molecule has 6 heteroatoms. The number of hydrogen-bond donors (Lipinski definition) is 0. The average molecular weight is 269 g/mol. The van der Waals surface area contributed by atoms with E-state index in [1.807, 2.05) is 22.4 Å². The van der Waals surface area contributed by atoms with Crippen LogP contribution >= 0.6 is 22.9 Å². The van der Waals surface area contributed by atoms with Gasteiger partial charge >= 0.3 is 0 Å². The molecule has 0 fully saturated rings. The number of aromatic nitrogens is 3. The first kappa shape index (κ1) is 12.3. The Morgan fingerprint density at radius 2 is 2.00 bits per heavy atom. The van der Waals surface area contributed by atoms with Gasteiger partial charge in [0.15, 0.2) is 5.82 Å². The third-order valence-corrected chi connectivity index (χ3v) is 3.42. The highest BCUT2D eigenvalue weighted by molar-refractivity contribution is 7.13. The van der Waals surface area contributed by atoms with E-state index in [2.05, 4.69) is 28.8 Å². The van der Waals surface area contributed by atoms with Gasteiger partial charge in [0.25, 0.3) is 0 Å². The lowest BCUT2D eigenvalue weighted by Crippen LogP contribution is -2.24. The highest BCUT2D eigenvalue weighted by atomic mass is 35.5. The smallest absolute Gasteiger partial charge is 0.230 e. The molecule has 0 spiro atoms. The van der Waals surface area contributed by atoms with Gasteiger partial charge in [0, 0.05) is 13.1 Å². The molecule has 0 amide bonds. The quantitative estimate of drug-likeness (QED) is 0.855. The van der Waals surface area contributed by atoms with E-state index in [1.54, 1.807) is 11.3 Å². The molecule has 0 radical (unpaired) electrons. The third-order valence-electron chi connectivity index (χ3n) is 2.38. The van der Waals surface area contributed by atoms with Gasteiger partial charge in [-0.3, -0.25) is 0 Å². The predicted molar refractivity (Wildman–Crippen MR) is 71.7 cm³/mol. The van der Waals surface area contributed by atoms with E-state index in [1.165, 1.54) is 0 Å². The van der Waals surface area contributed by atoms with Crippen LogP contribution in [0.25, 0.3) is 10.7 Å². The molecule has 90 valence electrons. The van der Waals surface area contributed by atoms with Crippen molar-refractivity contribution >= 4 is 28.9 Å². The highest BCUT2D eigenvalue weighted by Gasteiger charge is 2.11. The molecule has 2 aromatic heterocycles. The zero-order valence-electron chi connectivity index (χ0n) is 9.72. The highest BCUT2D eigenvalue weighted by Crippen LogP contribution is 2.23. The van der Waals surface area contributed by atoms with Crippen molar-refractivity contribution in [1.82, 2.24) is 15.0 Å². The first-order valence-electron chi connectivity index (χ1n) is 5.45. The molecule has 4 nitrogen and oxygen atoms in total. The molecular weight excluding hydrogens is 256 g/mol. The first-order valence-corrected chi connectivity index (χ1v) is 6.70. The summed E-state index contributed by atoms with van der Waals surface area (Å²) in [4.78, 5) is 15.8. The van der Waals surface area contributed by atoms with Gasteiger partial charge in [0.1, 0.15) is 0 Å². The number of halogens is 1. The minimum absolute atomic E-state index is 0.241. The second-order valence-corrected chi connectivity index (χ2v) is 4.66. The molecule has 0 aliphatic heterocycles. The van der Waals surface area contributed by atoms with Gasteiger partial charge in [-0.25, -0.2) is 0 Å². The summed E-state index contributed by atoms with van der Waals surface area (Å²) in [7, 11) is 0. The Morgan fingerprint density at radius 3 is 2.59 bits per heavy atom. The minimum atomic E-state index is 0.241. The first-order chi connectivity index (χ1) is 8.24. The van der Waals surface area contributed by atoms with Gasteiger partial charge in [0.2, 0.25) is 11.2 Å². The third kappa shape index (κ3) is 2.73. The van der Waals surface area contributed by atoms with Crippen LogP contribution in [-0.4, -0.2) is 28.0 Å². The van der Waals surface area contributed by atoms with Gasteiger partial charge < -0.3 is 4.90 Å². The zero-order chi connectivity index (χ0) is 12.3. The Labute approximate surface area is 109 Å². The van der Waals surface area contributed by atoms with E-state index >= 15 is 0 Å². The second-order valence-electron chi connectivity index (χ2n) is 3.38. The number of nitrogens with zero attached hydrogens (tertiary/aromatic N) is 4. The van der Waals surface area contributed by atoms with Gasteiger partial charge in [-0.05, 0) is 36.9 Å². The zero-order valence-corrected chi connectivity index (χ0v) is 11.3. The fraction of sp³-hybridized carbons (Fsp3) is 0.364. The van der Waals surface area contributed by atoms with Crippen LogP contribution in [0.4, 0.5) is 5.95 Å². The van der Waals surface area contributed by atoms with Crippen molar-refractivity contribution in [3.63, 3.8) is 0 Å². The molecule has 0 aliphatic carbocycles. The molecule has 2 aromatic rings. The molecule has 0 aliphatic rings. The molecular formula is C11H13ClN4S. The van der Waals surface area contributed by atoms with Crippen molar-refractivity contribution < 1.29 is 0 Å². The maximum absolute atomic E-state index is 5.94. The van der Waals surface area contributed by atoms with E-state index < -0.39 is 0 Å². The fourth-order valence-corrected chi connectivity index (χ4v) is 2.32. The van der Waals surface area contributed by atoms with Crippen molar-refractivity contribution in [1.29, 1.82) is 0 Å². The van der Waals surface area contributed by atoms with Crippen molar-refractivity contribution in [2.75, 3.05) is 18.0 Å². The molecule has 2 heterocycles. The number of rotatable bonds is 4. The van der Waals surface area contributed by atoms with E-state index in [4.69, 9.17) is 11.6 Å². The number of anilines is 1. The molecule has 0 aromatic carbocycles. The maximum Gasteiger partial charge on any atom is 0.230 e. The summed E-state index contributed by atoms with van der Waals surface area (Å²) in [6.45, 7) is 5.82. The van der Waals surface area contributed by atoms with Crippen molar-refractivity contribution in [2.45, 2.75) is 13.8 Å². The summed E-state index contributed by atoms with van der Waals surface area (Å²) >= 11 is 7.53. The molecule has 2 rings (SSSR count). The van der Waals surface area contributed by atoms with Crippen LogP contribution in [0.5, 0.6) is 0 Å². The summed E-state index contributed by atoms with van der Waals surface area (Å²) in [5.74, 6) is 1.28. The second kappa shape index (κ2) is 5.42. The lowest BCUT2D eigenvalue weighted by molar-refractivity contribution is 0.814. The topological polar surface area (TPSA) is 41.9 Å². The Morgan fingerprint density at radius 1 is 1.24 bits per heavy atom. The van der Waals surface area contributed by atoms with Crippen molar-refractivity contribution in [3.05, 3.63) is 22.8 Å². The summed E-state index contributed by atoms with van der Waals surface area (Å²) in [5.41, 5.74) is 0. The number of thiophene rings is 1. The molecule has 17 heavy (non-hydrogen) atoms. The van der Waals surface area contributed by atoms with E-state index in [-0.39, 0.29) is 5.28 Å². The normalized spacial score (nSPS) is 10.5. The molecule has 0 unspecified atom stereocenters. The van der Waals surface area contributed by atoms with Crippen LogP contribution in [0.1, 0.15) is 13.8 Å². The van der Waals surface area contributed by atoms with E-state index in [0.29, 0.717) is 11.8 Å². The lowest BCUT2D eigenvalue weighted by Gasteiger charge is -2.18. The SMILES string of the molecule is CCN(CC)c1nc(Cl)nc(-c2cccs2)n1. The minimum Gasteiger partial charge on any atom is -0.341 e. The summed E-state index contributed by atoms with van der Waals surface area (Å²) in [6.07, 6.45) is 0. The van der Waals surface area contributed by atoms with Gasteiger partial charge in [-0.1, -0.05) is 6.07 Å². The fourth-order valence-electron chi connectivity index (χ4n) is 1.50. The number of hydrogen-bond acceptors (Lipinski definition) is 5. The summed E-state index contributed by atoms with van der Waals surface area (Å²) in [6, 6.07) is 3.94. The Kier molecular flexibility index (Phi) is 3.91. The van der Waals surface area contributed by atoms with Crippen molar-refractivity contribution in [2.24, 2.45) is 0 Å². The standard InChI is InChI=1S/C11H13ClN4S/c1-3-16(4-2)11-14-9(13-10(12)15-11)8-6-5-7-17-8/h5-7H,3-4H2,1-2H3. The van der Waals surface area contributed by atoms with Crippen molar-refractivity contribution in [3.8, 4) is 10.7 Å². The largest absolute Gasteiger partial charge is 0.341 e. The average Bonchev–Trinajstić information content (AvgIpc) is 2.83. The van der Waals surface area contributed by atoms with E-state index in [0.717, 1.165) is 18.0 Å². The van der Waals surface area contributed by atoms with Crippen LogP contribution in [0.2, 0.25) is 5.28 Å². The summed E-state index contributed by atoms with van der Waals surface area (Å²) < 4.78 is 0. The molecule has 0 saturated carbocycles. The van der Waals surface area contributed by atoms with Crippen LogP contribution in [-0.2, 0) is 0 Å². The van der Waals surface area contributed by atoms with E-state index in [9.17, 15) is 0 Å². The predicted octanol–water partition coefficient (Wildman–Crippen LogP) is 3.10. The Balaban J connectivity index is 2.42. The summed E-state index contributed by atoms with van der Waals surface area (Å²) in [5, 5.41) is 2.23. The molecule has 0 N–H and O–H groups in total. The van der Waals surface area contributed by atoms with Gasteiger partial charge in [-0.15, -0.1) is 11.3 Å². The van der Waals surface area contributed by atoms with Crippen LogP contribution in [0, 0.1) is 0 Å².